The average molecular weight is 275 g/mol. The van der Waals surface area contributed by atoms with E-state index in [1.807, 2.05) is 12.1 Å². The topological polar surface area (TPSA) is 41.9 Å². The standard InChI is InChI=1S/C16H21NO3/c18-12-4-5-15-13(11-12)14-3-1-2-6-16(14,20-15)17-7-9-19-10-8-17/h4-5,11,14,18H,1-3,6-10H2. The van der Waals surface area contributed by atoms with Crippen molar-refractivity contribution in [1.29, 1.82) is 0 Å². The molecule has 1 aliphatic carbocycles. The van der Waals surface area contributed by atoms with Gasteiger partial charge in [-0.15, -0.1) is 0 Å². The molecule has 2 unspecified atom stereocenters. The van der Waals surface area contributed by atoms with Crippen molar-refractivity contribution in [2.45, 2.75) is 37.3 Å². The molecule has 2 aliphatic heterocycles. The lowest BCUT2D eigenvalue weighted by atomic mass is 9.77. The second-order valence-electron chi connectivity index (χ2n) is 6.07. The minimum absolute atomic E-state index is 0.196. The minimum Gasteiger partial charge on any atom is -0.508 e. The lowest BCUT2D eigenvalue weighted by Crippen LogP contribution is -2.59. The van der Waals surface area contributed by atoms with Gasteiger partial charge in [0.15, 0.2) is 5.72 Å². The molecule has 1 aromatic carbocycles. The number of nitrogens with zero attached hydrogens (tertiary/aromatic N) is 1. The quantitative estimate of drug-likeness (QED) is 0.855. The first kappa shape index (κ1) is 12.5. The Balaban J connectivity index is 1.74. The van der Waals surface area contributed by atoms with Crippen LogP contribution < -0.4 is 4.74 Å². The van der Waals surface area contributed by atoms with Gasteiger partial charge in [0.25, 0.3) is 0 Å². The van der Waals surface area contributed by atoms with Crippen LogP contribution in [0.3, 0.4) is 0 Å². The molecule has 3 aliphatic rings. The number of benzene rings is 1. The summed E-state index contributed by atoms with van der Waals surface area (Å²) in [4.78, 5) is 2.47. The normalized spacial score (nSPS) is 33.3. The first-order chi connectivity index (χ1) is 9.79. The van der Waals surface area contributed by atoms with E-state index in [2.05, 4.69) is 4.90 Å². The number of morpholine rings is 1. The maximum Gasteiger partial charge on any atom is 0.170 e. The minimum atomic E-state index is -0.196. The summed E-state index contributed by atoms with van der Waals surface area (Å²) in [7, 11) is 0. The predicted octanol–water partition coefficient (Wildman–Crippen LogP) is 2.47. The molecular weight excluding hydrogens is 254 g/mol. The Kier molecular flexibility index (Phi) is 2.89. The number of hydrogen-bond acceptors (Lipinski definition) is 4. The Bertz CT molecular complexity index is 512. The summed E-state index contributed by atoms with van der Waals surface area (Å²) in [5.41, 5.74) is 0.995. The molecule has 2 fully saturated rings. The van der Waals surface area contributed by atoms with E-state index in [4.69, 9.17) is 9.47 Å². The van der Waals surface area contributed by atoms with Crippen LogP contribution in [0.25, 0.3) is 0 Å². The van der Waals surface area contributed by atoms with Crippen molar-refractivity contribution in [3.63, 3.8) is 0 Å². The number of phenols is 1. The summed E-state index contributed by atoms with van der Waals surface area (Å²) in [6.07, 6.45) is 4.68. The lowest BCUT2D eigenvalue weighted by molar-refractivity contribution is -0.139. The molecule has 1 aromatic rings. The fourth-order valence-corrected chi connectivity index (χ4v) is 4.12. The Morgan fingerprint density at radius 3 is 2.90 bits per heavy atom. The molecule has 2 atom stereocenters. The van der Waals surface area contributed by atoms with Gasteiger partial charge in [-0.25, -0.2) is 0 Å². The van der Waals surface area contributed by atoms with Gasteiger partial charge in [-0.2, -0.15) is 0 Å². The Hall–Kier alpha value is -1.26. The zero-order valence-corrected chi connectivity index (χ0v) is 11.7. The highest BCUT2D eigenvalue weighted by Crippen LogP contribution is 2.54. The van der Waals surface area contributed by atoms with Crippen LogP contribution in [0.5, 0.6) is 11.5 Å². The van der Waals surface area contributed by atoms with Crippen molar-refractivity contribution >= 4 is 0 Å². The van der Waals surface area contributed by atoms with E-state index in [-0.39, 0.29) is 5.72 Å². The van der Waals surface area contributed by atoms with Crippen molar-refractivity contribution in [2.75, 3.05) is 26.3 Å². The number of ether oxygens (including phenoxy) is 2. The molecule has 0 bridgehead atoms. The van der Waals surface area contributed by atoms with Gasteiger partial charge in [0.05, 0.1) is 13.2 Å². The number of rotatable bonds is 1. The zero-order chi connectivity index (χ0) is 13.6. The first-order valence-electron chi connectivity index (χ1n) is 7.64. The van der Waals surface area contributed by atoms with Crippen LogP contribution in [0.4, 0.5) is 0 Å². The predicted molar refractivity (Wildman–Crippen MR) is 75.1 cm³/mol. The molecule has 1 saturated heterocycles. The molecule has 4 nitrogen and oxygen atoms in total. The third kappa shape index (κ3) is 1.75. The van der Waals surface area contributed by atoms with Gasteiger partial charge in [-0.3, -0.25) is 4.90 Å². The number of phenolic OH excluding ortho intramolecular Hbond substituents is 1. The van der Waals surface area contributed by atoms with Gasteiger partial charge < -0.3 is 14.6 Å². The Morgan fingerprint density at radius 2 is 2.05 bits per heavy atom. The maximum atomic E-state index is 9.79. The van der Waals surface area contributed by atoms with E-state index in [1.54, 1.807) is 6.07 Å². The summed E-state index contributed by atoms with van der Waals surface area (Å²) in [6, 6.07) is 5.54. The lowest BCUT2D eigenvalue weighted by Gasteiger charge is -2.47. The van der Waals surface area contributed by atoms with Crippen molar-refractivity contribution in [2.24, 2.45) is 0 Å². The Labute approximate surface area is 119 Å². The molecule has 0 amide bonds. The van der Waals surface area contributed by atoms with Crippen molar-refractivity contribution < 1.29 is 14.6 Å². The highest BCUT2D eigenvalue weighted by Gasteiger charge is 2.53. The van der Waals surface area contributed by atoms with E-state index in [0.717, 1.165) is 44.9 Å². The number of fused-ring (bicyclic) bond motifs is 3. The van der Waals surface area contributed by atoms with Gasteiger partial charge in [0.1, 0.15) is 11.5 Å². The third-order valence-corrected chi connectivity index (χ3v) is 5.02. The van der Waals surface area contributed by atoms with Crippen LogP contribution in [-0.2, 0) is 4.74 Å². The van der Waals surface area contributed by atoms with Gasteiger partial charge in [-0.05, 0) is 31.0 Å². The maximum absolute atomic E-state index is 9.79. The molecular formula is C16H21NO3. The smallest absolute Gasteiger partial charge is 0.170 e. The average Bonchev–Trinajstić information content (AvgIpc) is 2.83. The summed E-state index contributed by atoms with van der Waals surface area (Å²) in [6.45, 7) is 3.46. The molecule has 0 spiro atoms. The zero-order valence-electron chi connectivity index (χ0n) is 11.7. The molecule has 1 saturated carbocycles. The SMILES string of the molecule is Oc1ccc2c(c1)C1CCCCC1(N1CCOCC1)O2. The molecule has 20 heavy (non-hydrogen) atoms. The van der Waals surface area contributed by atoms with Crippen molar-refractivity contribution in [1.82, 2.24) is 4.90 Å². The molecule has 2 heterocycles. The van der Waals surface area contributed by atoms with Gasteiger partial charge in [0.2, 0.25) is 0 Å². The van der Waals surface area contributed by atoms with E-state index < -0.39 is 0 Å². The van der Waals surface area contributed by atoms with Crippen molar-refractivity contribution in [3.05, 3.63) is 23.8 Å². The van der Waals surface area contributed by atoms with Gasteiger partial charge in [0, 0.05) is 31.0 Å². The number of hydrogen-bond donors (Lipinski definition) is 1. The second-order valence-corrected chi connectivity index (χ2v) is 6.07. The number of aromatic hydroxyl groups is 1. The van der Waals surface area contributed by atoms with Crippen LogP contribution in [0.1, 0.15) is 37.2 Å². The van der Waals surface area contributed by atoms with Crippen LogP contribution >= 0.6 is 0 Å². The molecule has 0 radical (unpaired) electrons. The fourth-order valence-electron chi connectivity index (χ4n) is 4.12. The van der Waals surface area contributed by atoms with E-state index in [9.17, 15) is 5.11 Å². The molecule has 108 valence electrons. The van der Waals surface area contributed by atoms with Crippen LogP contribution in [0, 0.1) is 0 Å². The van der Waals surface area contributed by atoms with Crippen molar-refractivity contribution in [3.8, 4) is 11.5 Å². The molecule has 0 aromatic heterocycles. The van der Waals surface area contributed by atoms with Crippen LogP contribution in [0.15, 0.2) is 18.2 Å². The molecule has 4 rings (SSSR count). The van der Waals surface area contributed by atoms with Crippen LogP contribution in [-0.4, -0.2) is 42.0 Å². The fraction of sp³-hybridized carbons (Fsp3) is 0.625. The first-order valence-corrected chi connectivity index (χ1v) is 7.64. The second kappa shape index (κ2) is 4.64. The molecule has 1 N–H and O–H groups in total. The van der Waals surface area contributed by atoms with Gasteiger partial charge >= 0.3 is 0 Å². The van der Waals surface area contributed by atoms with E-state index >= 15 is 0 Å². The van der Waals surface area contributed by atoms with Gasteiger partial charge in [-0.1, -0.05) is 6.42 Å². The monoisotopic (exact) mass is 275 g/mol. The summed E-state index contributed by atoms with van der Waals surface area (Å²) >= 11 is 0. The molecule has 4 heteroatoms. The highest BCUT2D eigenvalue weighted by atomic mass is 16.5. The van der Waals surface area contributed by atoms with Crippen LogP contribution in [0.2, 0.25) is 0 Å². The van der Waals surface area contributed by atoms with E-state index in [1.165, 1.54) is 18.4 Å². The van der Waals surface area contributed by atoms with E-state index in [0.29, 0.717) is 11.7 Å². The Morgan fingerprint density at radius 1 is 1.20 bits per heavy atom. The highest BCUT2D eigenvalue weighted by molar-refractivity contribution is 5.47. The largest absolute Gasteiger partial charge is 0.508 e. The summed E-state index contributed by atoms with van der Waals surface area (Å²) in [5.74, 6) is 1.69. The summed E-state index contributed by atoms with van der Waals surface area (Å²) in [5, 5.41) is 9.79. The summed E-state index contributed by atoms with van der Waals surface area (Å²) < 4.78 is 11.9. The third-order valence-electron chi connectivity index (χ3n) is 5.02.